The molecular weight excluding hydrogens is 259 g/mol. The second-order valence-corrected chi connectivity index (χ2v) is 3.34. The van der Waals surface area contributed by atoms with E-state index in [1.165, 1.54) is 36.4 Å². The van der Waals surface area contributed by atoms with Crippen molar-refractivity contribution in [1.29, 1.82) is 0 Å². The molecule has 0 aliphatic rings. The van der Waals surface area contributed by atoms with Gasteiger partial charge in [-0.2, -0.15) is 0 Å². The van der Waals surface area contributed by atoms with E-state index < -0.39 is 5.97 Å². The summed E-state index contributed by atoms with van der Waals surface area (Å²) in [6.45, 7) is 0. The van der Waals surface area contributed by atoms with E-state index in [2.05, 4.69) is 0 Å². The second kappa shape index (κ2) is 8.42. The van der Waals surface area contributed by atoms with Crippen LogP contribution in [0.25, 0.3) is 0 Å². The standard InChI is InChI=1S/C7H6O3.C6H6O2.Na.H/c8-6-4-2-1-3-5(6)7(9)10;7-5-1-2-6(8)4-3-5;;/h1-4,8H,(H,9,10);1-4,7-8H;;. The van der Waals surface area contributed by atoms with Crippen LogP contribution < -0.4 is 0 Å². The zero-order valence-electron chi connectivity index (χ0n) is 9.32. The SMILES string of the molecule is O=C(O)c1ccccc1O.Oc1ccc(O)cc1.[NaH]. The summed E-state index contributed by atoms with van der Waals surface area (Å²) >= 11 is 0. The molecule has 0 spiro atoms. The van der Waals surface area contributed by atoms with E-state index >= 15 is 0 Å². The molecule has 0 bridgehead atoms. The molecule has 0 unspecified atom stereocenters. The molecule has 6 heteroatoms. The summed E-state index contributed by atoms with van der Waals surface area (Å²) in [7, 11) is 0. The minimum atomic E-state index is -1.11. The monoisotopic (exact) mass is 272 g/mol. The predicted molar refractivity (Wildman–Crippen MR) is 72.0 cm³/mol. The first-order valence-electron chi connectivity index (χ1n) is 5.00. The zero-order valence-corrected chi connectivity index (χ0v) is 9.32. The maximum absolute atomic E-state index is 10.3. The first kappa shape index (κ1) is 17.3. The molecule has 19 heavy (non-hydrogen) atoms. The number of aromatic hydroxyl groups is 3. The Morgan fingerprint density at radius 3 is 1.53 bits per heavy atom. The predicted octanol–water partition coefficient (Wildman–Crippen LogP) is 1.54. The summed E-state index contributed by atoms with van der Waals surface area (Å²) in [6.07, 6.45) is 0. The van der Waals surface area contributed by atoms with Crippen LogP contribution in [0.5, 0.6) is 17.2 Å². The van der Waals surface area contributed by atoms with Crippen LogP contribution in [0.4, 0.5) is 0 Å². The average Bonchev–Trinajstić information content (AvgIpc) is 2.34. The third-order valence-corrected chi connectivity index (χ3v) is 1.98. The van der Waals surface area contributed by atoms with Crippen molar-refractivity contribution < 1.29 is 25.2 Å². The van der Waals surface area contributed by atoms with Gasteiger partial charge < -0.3 is 20.4 Å². The van der Waals surface area contributed by atoms with Gasteiger partial charge in [0.15, 0.2) is 0 Å². The van der Waals surface area contributed by atoms with Crippen molar-refractivity contribution in [1.82, 2.24) is 0 Å². The molecule has 0 heterocycles. The van der Waals surface area contributed by atoms with E-state index in [0.29, 0.717) is 0 Å². The molecule has 2 aromatic carbocycles. The summed E-state index contributed by atoms with van der Waals surface area (Å²) in [6, 6.07) is 11.5. The van der Waals surface area contributed by atoms with E-state index in [1.807, 2.05) is 0 Å². The third kappa shape index (κ3) is 6.15. The van der Waals surface area contributed by atoms with Crippen molar-refractivity contribution in [2.75, 3.05) is 0 Å². The molecule has 0 amide bonds. The summed E-state index contributed by atoms with van der Waals surface area (Å²) in [5, 5.41) is 34.6. The van der Waals surface area contributed by atoms with E-state index in [-0.39, 0.29) is 52.4 Å². The van der Waals surface area contributed by atoms with Crippen molar-refractivity contribution >= 4 is 35.5 Å². The molecule has 4 N–H and O–H groups in total. The number of rotatable bonds is 1. The van der Waals surface area contributed by atoms with E-state index in [9.17, 15) is 4.79 Å². The Morgan fingerprint density at radius 1 is 0.789 bits per heavy atom. The first-order valence-corrected chi connectivity index (χ1v) is 5.00. The molecular formula is C13H13NaO5. The molecule has 0 saturated heterocycles. The number of carbonyl (C=O) groups is 1. The molecule has 96 valence electrons. The fourth-order valence-electron chi connectivity index (χ4n) is 1.11. The Balaban J connectivity index is 0.000000331. The summed E-state index contributed by atoms with van der Waals surface area (Å²) in [5.74, 6) is -0.973. The van der Waals surface area contributed by atoms with Crippen LogP contribution in [0.1, 0.15) is 10.4 Å². The molecule has 2 aromatic rings. The summed E-state index contributed by atoms with van der Waals surface area (Å²) in [5.41, 5.74) is -0.0671. The second-order valence-electron chi connectivity index (χ2n) is 3.34. The number of phenolic OH excluding ortho intramolecular Hbond substituents is 2. The number of hydrogen-bond acceptors (Lipinski definition) is 4. The quantitative estimate of drug-likeness (QED) is 0.466. The van der Waals surface area contributed by atoms with Crippen LogP contribution >= 0.6 is 0 Å². The van der Waals surface area contributed by atoms with Crippen LogP contribution in [0.3, 0.4) is 0 Å². The molecule has 0 atom stereocenters. The summed E-state index contributed by atoms with van der Waals surface area (Å²) in [4.78, 5) is 10.3. The molecule has 0 radical (unpaired) electrons. The average molecular weight is 272 g/mol. The van der Waals surface area contributed by atoms with Crippen LogP contribution in [0, 0.1) is 0 Å². The molecule has 5 nitrogen and oxygen atoms in total. The third-order valence-electron chi connectivity index (χ3n) is 1.98. The van der Waals surface area contributed by atoms with Gasteiger partial charge in [-0.25, -0.2) is 4.79 Å². The Bertz CT molecular complexity index is 504. The summed E-state index contributed by atoms with van der Waals surface area (Å²) < 4.78 is 0. The van der Waals surface area contributed by atoms with Crippen molar-refractivity contribution in [3.05, 3.63) is 54.1 Å². The molecule has 0 aromatic heterocycles. The Kier molecular flexibility index (Phi) is 7.67. The van der Waals surface area contributed by atoms with Crippen LogP contribution in [0.2, 0.25) is 0 Å². The van der Waals surface area contributed by atoms with Gasteiger partial charge in [-0.15, -0.1) is 0 Å². The molecule has 0 saturated carbocycles. The van der Waals surface area contributed by atoms with Gasteiger partial charge in [0.25, 0.3) is 0 Å². The number of benzene rings is 2. The molecule has 0 fully saturated rings. The van der Waals surface area contributed by atoms with Crippen molar-refractivity contribution in [3.63, 3.8) is 0 Å². The Labute approximate surface area is 132 Å². The van der Waals surface area contributed by atoms with E-state index in [4.69, 9.17) is 20.4 Å². The number of phenols is 3. The van der Waals surface area contributed by atoms with Crippen molar-refractivity contribution in [2.24, 2.45) is 0 Å². The number of carboxylic acid groups (broad SMARTS) is 1. The number of hydrogen-bond donors (Lipinski definition) is 4. The Hall–Kier alpha value is -1.69. The van der Waals surface area contributed by atoms with Gasteiger partial charge in [0.2, 0.25) is 0 Å². The van der Waals surface area contributed by atoms with Crippen LogP contribution in [-0.2, 0) is 0 Å². The zero-order chi connectivity index (χ0) is 13.5. The van der Waals surface area contributed by atoms with Crippen LogP contribution in [0.15, 0.2) is 48.5 Å². The topological polar surface area (TPSA) is 98.0 Å². The van der Waals surface area contributed by atoms with Gasteiger partial charge in [0.1, 0.15) is 22.8 Å². The van der Waals surface area contributed by atoms with Gasteiger partial charge in [-0.3, -0.25) is 0 Å². The maximum atomic E-state index is 10.3. The number of carboxylic acids is 1. The van der Waals surface area contributed by atoms with E-state index in [1.54, 1.807) is 12.1 Å². The molecule has 0 aliphatic heterocycles. The van der Waals surface area contributed by atoms with E-state index in [0.717, 1.165) is 0 Å². The van der Waals surface area contributed by atoms with Gasteiger partial charge in [0, 0.05) is 0 Å². The number of aromatic carboxylic acids is 1. The van der Waals surface area contributed by atoms with Gasteiger partial charge in [-0.05, 0) is 36.4 Å². The molecule has 2 rings (SSSR count). The minimum absolute atomic E-state index is 0. The van der Waals surface area contributed by atoms with Crippen molar-refractivity contribution in [3.8, 4) is 17.2 Å². The number of para-hydroxylation sites is 1. The fourth-order valence-corrected chi connectivity index (χ4v) is 1.11. The molecule has 0 aliphatic carbocycles. The van der Waals surface area contributed by atoms with Crippen molar-refractivity contribution in [2.45, 2.75) is 0 Å². The fraction of sp³-hybridized carbons (Fsp3) is 0. The normalized spacial score (nSPS) is 8.63. The first-order chi connectivity index (χ1) is 8.50. The van der Waals surface area contributed by atoms with Gasteiger partial charge >= 0.3 is 35.5 Å². The van der Waals surface area contributed by atoms with Gasteiger partial charge in [-0.1, -0.05) is 12.1 Å². The van der Waals surface area contributed by atoms with Gasteiger partial charge in [0.05, 0.1) is 0 Å². The van der Waals surface area contributed by atoms with Crippen LogP contribution in [-0.4, -0.2) is 56.0 Å². The Morgan fingerprint density at radius 2 is 1.21 bits per heavy atom.